The maximum Gasteiger partial charge on any atom is 0.302 e. The van der Waals surface area contributed by atoms with E-state index in [1.807, 2.05) is 0 Å². The number of esters is 2. The molecule has 8 rings (SSSR count). The van der Waals surface area contributed by atoms with Crippen molar-refractivity contribution in [3.8, 4) is 0 Å². The Morgan fingerprint density at radius 3 is 2.17 bits per heavy atom. The SMILES string of the molecule is C=C(C[N+]12CCN(CC1)CC2)[C@@H]1CCC2C1C1CCC3[C@@]4(C)CC[C@H](OC(C)=O)C(C)(C)C4CC[C@@]3(C)[C@]1(C)C[C@@H]2COC(C)=O. The molecule has 3 aliphatic heterocycles. The van der Waals surface area contributed by atoms with Crippen LogP contribution in [0.2, 0.25) is 0 Å². The Balaban J connectivity index is 1.20. The summed E-state index contributed by atoms with van der Waals surface area (Å²) in [5.41, 5.74) is 2.22. The van der Waals surface area contributed by atoms with Crippen molar-refractivity contribution >= 4 is 11.9 Å². The van der Waals surface area contributed by atoms with Crippen LogP contribution in [0, 0.1) is 63.1 Å². The van der Waals surface area contributed by atoms with Gasteiger partial charge in [0, 0.05) is 38.9 Å². The van der Waals surface area contributed by atoms with Crippen LogP contribution in [0.1, 0.15) is 106 Å². The average molecular weight is 638 g/mol. The van der Waals surface area contributed by atoms with Gasteiger partial charge in [-0.25, -0.2) is 0 Å². The second kappa shape index (κ2) is 11.3. The van der Waals surface area contributed by atoms with Crippen molar-refractivity contribution in [1.29, 1.82) is 0 Å². The standard InChI is InChI=1S/C40H65N2O4/c1-26(24-42-20-17-41(18-21-42)19-22-42)30-9-10-31-29(25-45-27(2)43)23-40(8)32(36(30)31)11-12-34-38(6)15-14-35(46-28(3)44)37(4,5)33(38)13-16-39(34,40)7/h29-36H,1,9-25H2,2-8H3/q+1/t29-,30+,31?,32?,33?,34?,35+,36?,38+,39-,40-/m1/s1. The molecule has 0 amide bonds. The molecule has 46 heavy (non-hydrogen) atoms. The van der Waals surface area contributed by atoms with Gasteiger partial charge in [0.1, 0.15) is 12.6 Å². The smallest absolute Gasteiger partial charge is 0.302 e. The molecule has 2 bridgehead atoms. The van der Waals surface area contributed by atoms with Crippen molar-refractivity contribution < 1.29 is 23.5 Å². The maximum atomic E-state index is 12.2. The first kappa shape index (κ1) is 33.1. The van der Waals surface area contributed by atoms with Crippen molar-refractivity contribution in [2.24, 2.45) is 63.1 Å². The zero-order chi connectivity index (χ0) is 32.9. The molecular weight excluding hydrogens is 572 g/mol. The summed E-state index contributed by atoms with van der Waals surface area (Å²) in [6.45, 7) is 30.3. The summed E-state index contributed by atoms with van der Waals surface area (Å²) in [6, 6.07) is 0. The second-order valence-corrected chi connectivity index (χ2v) is 19.0. The first-order valence-corrected chi connectivity index (χ1v) is 19.2. The number of hydrogen-bond acceptors (Lipinski definition) is 5. The number of ether oxygens (including phenoxy) is 2. The van der Waals surface area contributed by atoms with Crippen LogP contribution >= 0.6 is 0 Å². The van der Waals surface area contributed by atoms with Crippen LogP contribution in [0.5, 0.6) is 0 Å². The number of quaternary nitrogens is 1. The molecule has 6 nitrogen and oxygen atoms in total. The molecule has 3 saturated heterocycles. The molecule has 8 aliphatic rings. The minimum atomic E-state index is -0.133. The van der Waals surface area contributed by atoms with E-state index in [-0.39, 0.29) is 39.7 Å². The van der Waals surface area contributed by atoms with Crippen molar-refractivity contribution in [3.63, 3.8) is 0 Å². The first-order chi connectivity index (χ1) is 21.6. The quantitative estimate of drug-likeness (QED) is 0.176. The minimum absolute atomic E-state index is 0.0161. The van der Waals surface area contributed by atoms with Crippen LogP contribution < -0.4 is 0 Å². The molecule has 5 unspecified atom stereocenters. The summed E-state index contributed by atoms with van der Waals surface area (Å²) >= 11 is 0. The molecule has 11 atom stereocenters. The topological polar surface area (TPSA) is 55.8 Å². The van der Waals surface area contributed by atoms with Gasteiger partial charge in [-0.1, -0.05) is 41.2 Å². The molecular formula is C40H65N2O4+. The van der Waals surface area contributed by atoms with Crippen molar-refractivity contribution in [2.45, 2.75) is 112 Å². The van der Waals surface area contributed by atoms with Crippen LogP contribution in [0.25, 0.3) is 0 Å². The Morgan fingerprint density at radius 2 is 1.52 bits per heavy atom. The van der Waals surface area contributed by atoms with Crippen LogP contribution in [0.3, 0.4) is 0 Å². The van der Waals surface area contributed by atoms with Crippen molar-refractivity contribution in [2.75, 3.05) is 52.4 Å². The van der Waals surface area contributed by atoms with Crippen LogP contribution in [-0.2, 0) is 19.1 Å². The lowest BCUT2D eigenvalue weighted by molar-refractivity contribution is -0.937. The van der Waals surface area contributed by atoms with Gasteiger partial charge in [0.25, 0.3) is 0 Å². The second-order valence-electron chi connectivity index (χ2n) is 19.0. The van der Waals surface area contributed by atoms with E-state index in [1.54, 1.807) is 19.4 Å². The van der Waals surface area contributed by atoms with Crippen molar-refractivity contribution in [3.05, 3.63) is 12.2 Å². The fraction of sp³-hybridized carbons (Fsp3) is 0.900. The predicted molar refractivity (Wildman–Crippen MR) is 182 cm³/mol. The fourth-order valence-corrected chi connectivity index (χ4v) is 14.6. The van der Waals surface area contributed by atoms with Gasteiger partial charge in [0.15, 0.2) is 0 Å². The highest BCUT2D eigenvalue weighted by molar-refractivity contribution is 5.66. The first-order valence-electron chi connectivity index (χ1n) is 19.2. The summed E-state index contributed by atoms with van der Waals surface area (Å²) in [4.78, 5) is 26.9. The largest absolute Gasteiger partial charge is 0.466 e. The van der Waals surface area contributed by atoms with E-state index in [0.717, 1.165) is 12.8 Å². The Labute approximate surface area is 280 Å². The third-order valence-corrected chi connectivity index (χ3v) is 16.9. The van der Waals surface area contributed by atoms with Crippen LogP contribution in [-0.4, -0.2) is 79.8 Å². The molecule has 0 N–H and O–H groups in total. The molecule has 5 saturated carbocycles. The van der Waals surface area contributed by atoms with Gasteiger partial charge in [-0.15, -0.1) is 0 Å². The molecule has 258 valence electrons. The third kappa shape index (κ3) is 4.90. The molecule has 6 heteroatoms. The van der Waals surface area contributed by atoms with E-state index in [9.17, 15) is 9.59 Å². The number of nitrogens with zero attached hydrogens (tertiary/aromatic N) is 2. The Hall–Kier alpha value is -1.40. The van der Waals surface area contributed by atoms with Gasteiger partial charge < -0.3 is 14.0 Å². The fourth-order valence-electron chi connectivity index (χ4n) is 14.6. The number of carbonyl (C=O) groups is 2. The van der Waals surface area contributed by atoms with E-state index < -0.39 is 0 Å². The zero-order valence-electron chi connectivity index (χ0n) is 30.4. The van der Waals surface area contributed by atoms with Gasteiger partial charge in [-0.2, -0.15) is 0 Å². The minimum Gasteiger partial charge on any atom is -0.466 e. The Bertz CT molecular complexity index is 1220. The number of carbonyl (C=O) groups excluding carboxylic acids is 2. The van der Waals surface area contributed by atoms with E-state index in [2.05, 4.69) is 39.5 Å². The summed E-state index contributed by atoms with van der Waals surface area (Å²) in [6.07, 6.45) is 11.0. The predicted octanol–water partition coefficient (Wildman–Crippen LogP) is 7.12. The average Bonchev–Trinajstić information content (AvgIpc) is 3.44. The molecule has 8 fully saturated rings. The Kier molecular flexibility index (Phi) is 8.15. The van der Waals surface area contributed by atoms with Gasteiger partial charge >= 0.3 is 11.9 Å². The Morgan fingerprint density at radius 1 is 0.826 bits per heavy atom. The molecule has 0 aromatic rings. The summed E-state index contributed by atoms with van der Waals surface area (Å²) in [7, 11) is 0. The zero-order valence-corrected chi connectivity index (χ0v) is 30.4. The number of rotatable bonds is 6. The number of hydrogen-bond donors (Lipinski definition) is 0. The number of piperazine rings is 3. The van der Waals surface area contributed by atoms with Gasteiger partial charge in [-0.3, -0.25) is 14.5 Å². The normalized spacial score (nSPS) is 50.4. The van der Waals surface area contributed by atoms with Gasteiger partial charge in [-0.05, 0) is 121 Å². The van der Waals surface area contributed by atoms with E-state index in [1.165, 1.54) is 95.2 Å². The summed E-state index contributed by atoms with van der Waals surface area (Å²) in [5.74, 6) is 4.01. The highest BCUT2D eigenvalue weighted by atomic mass is 16.5. The van der Waals surface area contributed by atoms with E-state index in [4.69, 9.17) is 16.1 Å². The third-order valence-electron chi connectivity index (χ3n) is 16.9. The molecule has 0 spiro atoms. The van der Waals surface area contributed by atoms with Gasteiger partial charge in [0.2, 0.25) is 0 Å². The highest BCUT2D eigenvalue weighted by Gasteiger charge is 2.70. The van der Waals surface area contributed by atoms with E-state index >= 15 is 0 Å². The lowest BCUT2D eigenvalue weighted by Crippen LogP contribution is -2.68. The van der Waals surface area contributed by atoms with Gasteiger partial charge in [0.05, 0.1) is 26.2 Å². The lowest BCUT2D eigenvalue weighted by Gasteiger charge is -2.72. The molecule has 3 heterocycles. The molecule has 5 aliphatic carbocycles. The molecule has 0 aromatic heterocycles. The number of fused-ring (bicyclic) bond motifs is 10. The van der Waals surface area contributed by atoms with Crippen molar-refractivity contribution in [1.82, 2.24) is 4.90 Å². The molecule has 0 aromatic carbocycles. The molecule has 0 radical (unpaired) electrons. The van der Waals surface area contributed by atoms with Crippen LogP contribution in [0.15, 0.2) is 12.2 Å². The maximum absolute atomic E-state index is 12.2. The summed E-state index contributed by atoms with van der Waals surface area (Å²) < 4.78 is 13.2. The van der Waals surface area contributed by atoms with Crippen LogP contribution in [0.4, 0.5) is 0 Å². The lowest BCUT2D eigenvalue weighted by atomic mass is 9.32. The van der Waals surface area contributed by atoms with E-state index in [0.29, 0.717) is 48.0 Å². The monoisotopic (exact) mass is 637 g/mol. The summed E-state index contributed by atoms with van der Waals surface area (Å²) in [5, 5.41) is 0. The highest BCUT2D eigenvalue weighted by Crippen LogP contribution is 2.76.